The molecule has 2 fully saturated rings. The molecule has 1 heterocycles. The van der Waals surface area contributed by atoms with Crippen LogP contribution in [0.1, 0.15) is 65.2 Å². The van der Waals surface area contributed by atoms with Crippen molar-refractivity contribution in [3.8, 4) is 0 Å². The number of rotatable bonds is 3. The van der Waals surface area contributed by atoms with Crippen molar-refractivity contribution in [1.29, 1.82) is 0 Å². The van der Waals surface area contributed by atoms with E-state index in [0.717, 1.165) is 25.7 Å². The molecule has 1 spiro atoms. The summed E-state index contributed by atoms with van der Waals surface area (Å²) in [6.45, 7) is 4.35. The Hall–Kier alpha value is -0.860. The smallest absolute Gasteiger partial charge is 0.230 e. The van der Waals surface area contributed by atoms with E-state index in [-0.39, 0.29) is 23.1 Å². The van der Waals surface area contributed by atoms with E-state index >= 15 is 0 Å². The van der Waals surface area contributed by atoms with E-state index in [1.807, 2.05) is 0 Å². The third kappa shape index (κ3) is 2.45. The fraction of sp³-hybridized carbons (Fsp3) is 0.867. The van der Waals surface area contributed by atoms with Crippen molar-refractivity contribution < 1.29 is 9.59 Å². The summed E-state index contributed by atoms with van der Waals surface area (Å²) in [5.74, 6) is 0.709. The second-order valence-corrected chi connectivity index (χ2v) is 6.16. The van der Waals surface area contributed by atoms with Gasteiger partial charge in [-0.3, -0.25) is 14.9 Å². The van der Waals surface area contributed by atoms with Gasteiger partial charge in [0.05, 0.1) is 0 Å². The summed E-state index contributed by atoms with van der Waals surface area (Å²) in [4.78, 5) is 23.9. The van der Waals surface area contributed by atoms with Crippen molar-refractivity contribution in [2.75, 3.05) is 0 Å². The van der Waals surface area contributed by atoms with E-state index in [4.69, 9.17) is 0 Å². The van der Waals surface area contributed by atoms with E-state index in [9.17, 15) is 9.59 Å². The SMILES string of the molecule is CCCC1C(=O)NC(=O)CC12CCCC(CC)C2. The van der Waals surface area contributed by atoms with Gasteiger partial charge in [-0.1, -0.05) is 39.5 Å². The van der Waals surface area contributed by atoms with Crippen LogP contribution in [-0.2, 0) is 9.59 Å². The summed E-state index contributed by atoms with van der Waals surface area (Å²) >= 11 is 0. The fourth-order valence-corrected chi connectivity index (χ4v) is 4.06. The molecule has 3 nitrogen and oxygen atoms in total. The Morgan fingerprint density at radius 1 is 1.33 bits per heavy atom. The van der Waals surface area contributed by atoms with Crippen molar-refractivity contribution in [3.63, 3.8) is 0 Å². The third-order valence-electron chi connectivity index (χ3n) is 4.97. The molecule has 0 aromatic carbocycles. The first-order chi connectivity index (χ1) is 8.61. The van der Waals surface area contributed by atoms with Crippen LogP contribution in [0.2, 0.25) is 0 Å². The summed E-state index contributed by atoms with van der Waals surface area (Å²) in [7, 11) is 0. The van der Waals surface area contributed by atoms with Crippen LogP contribution in [0.4, 0.5) is 0 Å². The summed E-state index contributed by atoms with van der Waals surface area (Å²) < 4.78 is 0. The van der Waals surface area contributed by atoms with Crippen LogP contribution in [0.25, 0.3) is 0 Å². The van der Waals surface area contributed by atoms with Crippen molar-refractivity contribution in [1.82, 2.24) is 5.32 Å². The Kier molecular flexibility index (Phi) is 4.08. The van der Waals surface area contributed by atoms with Crippen LogP contribution in [0.5, 0.6) is 0 Å². The van der Waals surface area contributed by atoms with Gasteiger partial charge >= 0.3 is 0 Å². The van der Waals surface area contributed by atoms with Crippen molar-refractivity contribution >= 4 is 11.8 Å². The predicted octanol–water partition coefficient (Wildman–Crippen LogP) is 3.04. The molecular weight excluding hydrogens is 226 g/mol. The van der Waals surface area contributed by atoms with Gasteiger partial charge < -0.3 is 0 Å². The van der Waals surface area contributed by atoms with Crippen LogP contribution in [-0.4, -0.2) is 11.8 Å². The lowest BCUT2D eigenvalue weighted by Crippen LogP contribution is -2.53. The molecule has 3 unspecified atom stereocenters. The Morgan fingerprint density at radius 2 is 2.11 bits per heavy atom. The lowest BCUT2D eigenvalue weighted by atomic mass is 9.58. The average molecular weight is 251 g/mol. The molecule has 1 saturated heterocycles. The molecule has 0 bridgehead atoms. The maximum Gasteiger partial charge on any atom is 0.230 e. The van der Waals surface area contributed by atoms with Gasteiger partial charge in [0, 0.05) is 12.3 Å². The van der Waals surface area contributed by atoms with Crippen molar-refractivity contribution in [2.24, 2.45) is 17.3 Å². The van der Waals surface area contributed by atoms with Crippen LogP contribution < -0.4 is 5.32 Å². The van der Waals surface area contributed by atoms with E-state index in [0.29, 0.717) is 12.3 Å². The van der Waals surface area contributed by atoms with Crippen molar-refractivity contribution in [3.05, 3.63) is 0 Å². The van der Waals surface area contributed by atoms with Gasteiger partial charge in [0.2, 0.25) is 11.8 Å². The molecule has 0 aromatic heterocycles. The molecule has 1 aliphatic carbocycles. The number of amides is 2. The molecular formula is C15H25NO2. The standard InChI is InChI=1S/C15H25NO2/c1-3-6-12-14(18)16-13(17)10-15(12)8-5-7-11(4-2)9-15/h11-12H,3-10H2,1-2H3,(H,16,17,18). The quantitative estimate of drug-likeness (QED) is 0.784. The van der Waals surface area contributed by atoms with Gasteiger partial charge in [-0.15, -0.1) is 0 Å². The zero-order valence-corrected chi connectivity index (χ0v) is 11.6. The number of hydrogen-bond acceptors (Lipinski definition) is 2. The van der Waals surface area contributed by atoms with Gasteiger partial charge in [0.1, 0.15) is 0 Å². The van der Waals surface area contributed by atoms with Crippen LogP contribution in [0, 0.1) is 17.3 Å². The Bertz CT molecular complexity index is 339. The Labute approximate surface area is 110 Å². The lowest BCUT2D eigenvalue weighted by molar-refractivity contribution is -0.146. The highest BCUT2D eigenvalue weighted by atomic mass is 16.2. The molecule has 3 heteroatoms. The second kappa shape index (κ2) is 5.41. The molecule has 2 rings (SSSR count). The molecule has 102 valence electrons. The first kappa shape index (κ1) is 13.6. The second-order valence-electron chi connectivity index (χ2n) is 6.16. The van der Waals surface area contributed by atoms with Gasteiger partial charge in [0.15, 0.2) is 0 Å². The van der Waals surface area contributed by atoms with E-state index in [1.54, 1.807) is 0 Å². The summed E-state index contributed by atoms with van der Waals surface area (Å²) in [5.41, 5.74) is -0.0195. The van der Waals surface area contributed by atoms with Gasteiger partial charge in [-0.05, 0) is 30.6 Å². The molecule has 0 radical (unpaired) electrons. The topological polar surface area (TPSA) is 46.2 Å². The molecule has 1 N–H and O–H groups in total. The summed E-state index contributed by atoms with van der Waals surface area (Å²) in [6, 6.07) is 0. The Balaban J connectivity index is 2.23. The highest BCUT2D eigenvalue weighted by Crippen LogP contribution is 2.51. The number of hydrogen-bond donors (Lipinski definition) is 1. The fourth-order valence-electron chi connectivity index (χ4n) is 4.06. The number of carbonyl (C=O) groups excluding carboxylic acids is 2. The highest BCUT2D eigenvalue weighted by molar-refractivity contribution is 5.99. The first-order valence-electron chi connectivity index (χ1n) is 7.45. The number of piperidine rings is 1. The van der Waals surface area contributed by atoms with Gasteiger partial charge in [0.25, 0.3) is 0 Å². The molecule has 1 aliphatic heterocycles. The van der Waals surface area contributed by atoms with Crippen LogP contribution >= 0.6 is 0 Å². The number of nitrogens with one attached hydrogen (secondary N) is 1. The summed E-state index contributed by atoms with van der Waals surface area (Å²) in [5, 5.41) is 2.54. The maximum atomic E-state index is 12.1. The van der Waals surface area contributed by atoms with Gasteiger partial charge in [-0.25, -0.2) is 0 Å². The van der Waals surface area contributed by atoms with E-state index in [2.05, 4.69) is 19.2 Å². The Morgan fingerprint density at radius 3 is 2.78 bits per heavy atom. The van der Waals surface area contributed by atoms with Crippen LogP contribution in [0.15, 0.2) is 0 Å². The number of imide groups is 1. The molecule has 3 atom stereocenters. The van der Waals surface area contributed by atoms with E-state index < -0.39 is 0 Å². The minimum atomic E-state index is -0.0518. The first-order valence-corrected chi connectivity index (χ1v) is 7.45. The lowest BCUT2D eigenvalue weighted by Gasteiger charge is -2.47. The van der Waals surface area contributed by atoms with Gasteiger partial charge in [-0.2, -0.15) is 0 Å². The predicted molar refractivity (Wildman–Crippen MR) is 70.8 cm³/mol. The molecule has 1 saturated carbocycles. The average Bonchev–Trinajstić information content (AvgIpc) is 2.34. The molecule has 2 aliphatic rings. The normalized spacial score (nSPS) is 36.8. The van der Waals surface area contributed by atoms with Crippen molar-refractivity contribution in [2.45, 2.75) is 65.2 Å². The zero-order chi connectivity index (χ0) is 13.2. The zero-order valence-electron chi connectivity index (χ0n) is 11.6. The highest BCUT2D eigenvalue weighted by Gasteiger charge is 2.49. The van der Waals surface area contributed by atoms with Crippen LogP contribution in [0.3, 0.4) is 0 Å². The maximum absolute atomic E-state index is 12.1. The minimum absolute atomic E-state index is 0.00940. The molecule has 18 heavy (non-hydrogen) atoms. The molecule has 2 amide bonds. The van der Waals surface area contributed by atoms with E-state index in [1.165, 1.54) is 19.3 Å². The summed E-state index contributed by atoms with van der Waals surface area (Å²) in [6.07, 6.45) is 8.28. The largest absolute Gasteiger partial charge is 0.296 e. The monoisotopic (exact) mass is 251 g/mol. The minimum Gasteiger partial charge on any atom is -0.296 e. The third-order valence-corrected chi connectivity index (χ3v) is 4.97. The molecule has 0 aromatic rings. The number of carbonyl (C=O) groups is 2.